The Labute approximate surface area is 220 Å². The van der Waals surface area contributed by atoms with Crippen LogP contribution >= 0.6 is 11.6 Å². The summed E-state index contributed by atoms with van der Waals surface area (Å²) in [4.78, 5) is 23.5. The minimum Gasteiger partial charge on any atom is -0.376 e. The van der Waals surface area contributed by atoms with Gasteiger partial charge in [0.2, 0.25) is 5.91 Å². The number of nitrogens with one attached hydrogen (secondary N) is 2. The smallest absolute Gasteiger partial charge is 0.269 e. The molecule has 0 unspecified atom stereocenters. The van der Waals surface area contributed by atoms with Crippen LogP contribution in [0.15, 0.2) is 72.0 Å². The van der Waals surface area contributed by atoms with Crippen molar-refractivity contribution in [2.24, 2.45) is 0 Å². The summed E-state index contributed by atoms with van der Waals surface area (Å²) in [5, 5.41) is 7.80. The minimum atomic E-state index is -3.81. The van der Waals surface area contributed by atoms with Crippen molar-refractivity contribution in [3.63, 3.8) is 0 Å². The number of hydrogen-bond acceptors (Lipinski definition) is 7. The average molecular weight is 539 g/mol. The zero-order valence-electron chi connectivity index (χ0n) is 20.3. The van der Waals surface area contributed by atoms with E-state index in [1.54, 1.807) is 42.5 Å². The number of carbonyl (C=O) groups excluding carboxylic acids is 1. The van der Waals surface area contributed by atoms with Gasteiger partial charge in [0, 0.05) is 36.0 Å². The normalized spacial score (nSPS) is 16.1. The van der Waals surface area contributed by atoms with Gasteiger partial charge in [-0.05, 0) is 62.2 Å². The Balaban J connectivity index is 1.29. The van der Waals surface area contributed by atoms with Gasteiger partial charge in [0.25, 0.3) is 10.0 Å². The zero-order valence-corrected chi connectivity index (χ0v) is 21.8. The van der Waals surface area contributed by atoms with E-state index in [-0.39, 0.29) is 23.4 Å². The predicted octanol–water partition coefficient (Wildman–Crippen LogP) is 4.15. The van der Waals surface area contributed by atoms with Gasteiger partial charge in [-0.1, -0.05) is 29.3 Å². The first-order valence-corrected chi connectivity index (χ1v) is 13.8. The van der Waals surface area contributed by atoms with Crippen molar-refractivity contribution < 1.29 is 13.2 Å². The standard InChI is InChI=1S/C26H27ClN6O3S/c1-18-4-10-22(11-5-18)37(35,36)33-14-12-23-25(29-17-30-26(23)33)31-21-3-2-13-32(16-21)24(34)15-28-20-8-6-19(27)7-9-20/h4-12,14,17,21,28H,2-3,13,15-16H2,1H3,(H,29,30,31)/t21-/m0/s1. The van der Waals surface area contributed by atoms with E-state index in [0.29, 0.717) is 35.0 Å². The van der Waals surface area contributed by atoms with Gasteiger partial charge in [-0.25, -0.2) is 22.4 Å². The summed E-state index contributed by atoms with van der Waals surface area (Å²) < 4.78 is 27.7. The van der Waals surface area contributed by atoms with Crippen LogP contribution in [0.3, 0.4) is 0 Å². The van der Waals surface area contributed by atoms with Crippen LogP contribution in [-0.4, -0.2) is 58.8 Å². The lowest BCUT2D eigenvalue weighted by Crippen LogP contribution is -2.47. The molecule has 4 aromatic rings. The highest BCUT2D eigenvalue weighted by molar-refractivity contribution is 7.90. The molecule has 0 saturated carbocycles. The summed E-state index contributed by atoms with van der Waals surface area (Å²) in [7, 11) is -3.81. The third-order valence-electron chi connectivity index (χ3n) is 6.43. The number of amides is 1. The molecule has 0 bridgehead atoms. The van der Waals surface area contributed by atoms with Crippen molar-refractivity contribution >= 4 is 50.1 Å². The van der Waals surface area contributed by atoms with Gasteiger partial charge in [0.1, 0.15) is 12.1 Å². The summed E-state index contributed by atoms with van der Waals surface area (Å²) in [6.45, 7) is 3.30. The molecule has 5 rings (SSSR count). The molecule has 1 aliphatic heterocycles. The highest BCUT2D eigenvalue weighted by atomic mass is 35.5. The van der Waals surface area contributed by atoms with E-state index in [1.807, 2.05) is 24.0 Å². The molecule has 1 amide bonds. The highest BCUT2D eigenvalue weighted by Gasteiger charge is 2.26. The fraction of sp³-hybridized carbons (Fsp3) is 0.269. The SMILES string of the molecule is Cc1ccc(S(=O)(=O)n2ccc3c(N[C@H]4CCCN(C(=O)CNc5ccc(Cl)cc5)C4)ncnc32)cc1. The molecule has 2 aromatic heterocycles. The van der Waals surface area contributed by atoms with E-state index in [0.717, 1.165) is 24.1 Å². The van der Waals surface area contributed by atoms with Gasteiger partial charge in [-0.3, -0.25) is 4.79 Å². The molecule has 1 fully saturated rings. The van der Waals surface area contributed by atoms with Crippen LogP contribution in [0, 0.1) is 6.92 Å². The molecule has 9 nitrogen and oxygen atoms in total. The number of likely N-dealkylation sites (tertiary alicyclic amines) is 1. The summed E-state index contributed by atoms with van der Waals surface area (Å²) in [6.07, 6.45) is 4.57. The van der Waals surface area contributed by atoms with E-state index in [1.165, 1.54) is 16.5 Å². The molecular weight excluding hydrogens is 512 g/mol. The van der Waals surface area contributed by atoms with Gasteiger partial charge in [-0.15, -0.1) is 0 Å². The second-order valence-corrected chi connectivity index (χ2v) is 11.3. The summed E-state index contributed by atoms with van der Waals surface area (Å²) >= 11 is 5.92. The molecule has 0 radical (unpaired) electrons. The van der Waals surface area contributed by atoms with Crippen LogP contribution in [0.25, 0.3) is 11.0 Å². The Morgan fingerprint density at radius 2 is 1.84 bits per heavy atom. The maximum Gasteiger partial charge on any atom is 0.269 e. The second kappa shape index (κ2) is 10.4. The molecule has 37 heavy (non-hydrogen) atoms. The lowest BCUT2D eigenvalue weighted by Gasteiger charge is -2.33. The predicted molar refractivity (Wildman–Crippen MR) is 144 cm³/mol. The Kier molecular flexibility index (Phi) is 7.03. The Bertz CT molecular complexity index is 1520. The second-order valence-electron chi connectivity index (χ2n) is 9.07. The molecule has 1 aliphatic rings. The number of rotatable bonds is 7. The molecule has 2 aromatic carbocycles. The van der Waals surface area contributed by atoms with Gasteiger partial charge < -0.3 is 15.5 Å². The van der Waals surface area contributed by atoms with Crippen LogP contribution in [0.2, 0.25) is 5.02 Å². The van der Waals surface area contributed by atoms with Gasteiger partial charge in [0.05, 0.1) is 16.8 Å². The largest absolute Gasteiger partial charge is 0.376 e. The van der Waals surface area contributed by atoms with E-state index < -0.39 is 10.0 Å². The fourth-order valence-corrected chi connectivity index (χ4v) is 5.86. The van der Waals surface area contributed by atoms with Crippen molar-refractivity contribution in [2.45, 2.75) is 30.7 Å². The van der Waals surface area contributed by atoms with Gasteiger partial charge in [0.15, 0.2) is 5.65 Å². The topological polar surface area (TPSA) is 109 Å². The van der Waals surface area contributed by atoms with Gasteiger partial charge in [-0.2, -0.15) is 0 Å². The zero-order chi connectivity index (χ0) is 26.0. The Morgan fingerprint density at radius 3 is 2.59 bits per heavy atom. The Hall–Kier alpha value is -3.63. The monoisotopic (exact) mass is 538 g/mol. The third-order valence-corrected chi connectivity index (χ3v) is 8.36. The van der Waals surface area contributed by atoms with E-state index >= 15 is 0 Å². The van der Waals surface area contributed by atoms with Crippen LogP contribution < -0.4 is 10.6 Å². The van der Waals surface area contributed by atoms with E-state index in [4.69, 9.17) is 11.6 Å². The number of aryl methyl sites for hydroxylation is 1. The molecule has 3 heterocycles. The molecule has 1 atom stereocenters. The van der Waals surface area contributed by atoms with Crippen LogP contribution in [0.1, 0.15) is 18.4 Å². The highest BCUT2D eigenvalue weighted by Crippen LogP contribution is 2.26. The first-order valence-electron chi connectivity index (χ1n) is 12.0. The first kappa shape index (κ1) is 25.0. The van der Waals surface area contributed by atoms with Crippen molar-refractivity contribution in [3.8, 4) is 0 Å². The lowest BCUT2D eigenvalue weighted by molar-refractivity contribution is -0.130. The molecule has 11 heteroatoms. The summed E-state index contributed by atoms with van der Waals surface area (Å²) in [5.41, 5.74) is 2.11. The number of piperidine rings is 1. The maximum atomic E-state index is 13.2. The average Bonchev–Trinajstić information content (AvgIpc) is 3.35. The Morgan fingerprint density at radius 1 is 1.08 bits per heavy atom. The van der Waals surface area contributed by atoms with Gasteiger partial charge >= 0.3 is 0 Å². The number of halogens is 1. The summed E-state index contributed by atoms with van der Waals surface area (Å²) in [5.74, 6) is 0.547. The van der Waals surface area contributed by atoms with E-state index in [2.05, 4.69) is 20.6 Å². The van der Waals surface area contributed by atoms with Crippen molar-refractivity contribution in [1.29, 1.82) is 0 Å². The molecule has 0 aliphatic carbocycles. The number of carbonyl (C=O) groups is 1. The maximum absolute atomic E-state index is 13.2. The minimum absolute atomic E-state index is 0.00429. The third kappa shape index (κ3) is 5.40. The van der Waals surface area contributed by atoms with E-state index in [9.17, 15) is 13.2 Å². The molecule has 192 valence electrons. The molecule has 1 saturated heterocycles. The number of anilines is 2. The number of fused-ring (bicyclic) bond motifs is 1. The quantitative estimate of drug-likeness (QED) is 0.364. The van der Waals surface area contributed by atoms with Crippen molar-refractivity contribution in [3.05, 3.63) is 77.7 Å². The lowest BCUT2D eigenvalue weighted by atomic mass is 10.1. The molecule has 2 N–H and O–H groups in total. The van der Waals surface area contributed by atoms with Crippen LogP contribution in [0.5, 0.6) is 0 Å². The molecule has 0 spiro atoms. The number of hydrogen-bond donors (Lipinski definition) is 2. The summed E-state index contributed by atoms with van der Waals surface area (Å²) in [6, 6.07) is 15.6. The number of aromatic nitrogens is 3. The number of nitrogens with zero attached hydrogens (tertiary/aromatic N) is 4. The fourth-order valence-electron chi connectivity index (χ4n) is 4.43. The van der Waals surface area contributed by atoms with Crippen molar-refractivity contribution in [1.82, 2.24) is 18.8 Å². The molecular formula is C26H27ClN6O3S. The van der Waals surface area contributed by atoms with Crippen LogP contribution in [0.4, 0.5) is 11.5 Å². The van der Waals surface area contributed by atoms with Crippen molar-refractivity contribution in [2.75, 3.05) is 30.3 Å². The van der Waals surface area contributed by atoms with Crippen LogP contribution in [-0.2, 0) is 14.8 Å². The number of benzene rings is 2. The first-order chi connectivity index (χ1) is 17.8.